The minimum Gasteiger partial charge on any atom is -0.493 e. The molecule has 0 saturated heterocycles. The summed E-state index contributed by atoms with van der Waals surface area (Å²) >= 11 is 6.24. The molecule has 0 spiro atoms. The molecule has 0 fully saturated rings. The van der Waals surface area contributed by atoms with Crippen molar-refractivity contribution in [2.45, 2.75) is 20.0 Å². The highest BCUT2D eigenvalue weighted by molar-refractivity contribution is 6.31. The maximum Gasteiger partial charge on any atom is 0.145 e. The molecule has 3 aromatic rings. The van der Waals surface area contributed by atoms with Crippen molar-refractivity contribution in [3.8, 4) is 16.9 Å². The van der Waals surface area contributed by atoms with E-state index in [1.165, 1.54) is 0 Å². The summed E-state index contributed by atoms with van der Waals surface area (Å²) in [5.41, 5.74) is 3.16. The quantitative estimate of drug-likeness (QED) is 0.788. The molecule has 0 aliphatic carbocycles. The van der Waals surface area contributed by atoms with E-state index >= 15 is 0 Å². The lowest BCUT2D eigenvalue weighted by atomic mass is 10.1. The van der Waals surface area contributed by atoms with Crippen LogP contribution in [0.25, 0.3) is 16.8 Å². The standard InChI is InChI=1S/C17H17ClN2O2/c1-3-22-16-7-5-4-6-13(16)14-8-12(18)9-20-10-15(11(2)21)19-17(14)20/h4-11,21H,3H2,1-2H3. The van der Waals surface area contributed by atoms with E-state index in [0.717, 1.165) is 22.5 Å². The zero-order valence-corrected chi connectivity index (χ0v) is 13.2. The van der Waals surface area contributed by atoms with E-state index in [1.807, 2.05) is 41.7 Å². The smallest absolute Gasteiger partial charge is 0.145 e. The van der Waals surface area contributed by atoms with Gasteiger partial charge in [-0.2, -0.15) is 0 Å². The molecule has 114 valence electrons. The van der Waals surface area contributed by atoms with Gasteiger partial charge in [-0.15, -0.1) is 0 Å². The summed E-state index contributed by atoms with van der Waals surface area (Å²) in [6.45, 7) is 4.23. The molecule has 1 N–H and O–H groups in total. The number of halogens is 1. The number of benzene rings is 1. The Hall–Kier alpha value is -2.04. The van der Waals surface area contributed by atoms with Crippen LogP contribution < -0.4 is 4.74 Å². The predicted octanol–water partition coefficient (Wildman–Crippen LogP) is 4.11. The van der Waals surface area contributed by atoms with Crippen LogP contribution in [0.5, 0.6) is 5.75 Å². The van der Waals surface area contributed by atoms with Crippen LogP contribution in [0.15, 0.2) is 42.7 Å². The SMILES string of the molecule is CCOc1ccccc1-c1cc(Cl)cn2cc(C(C)O)nc12. The summed E-state index contributed by atoms with van der Waals surface area (Å²) in [7, 11) is 0. The molecule has 0 aliphatic heterocycles. The normalized spacial score (nSPS) is 12.5. The Bertz CT molecular complexity index is 812. The number of hydrogen-bond donors (Lipinski definition) is 1. The molecule has 2 heterocycles. The van der Waals surface area contributed by atoms with Gasteiger partial charge in [-0.3, -0.25) is 0 Å². The zero-order valence-electron chi connectivity index (χ0n) is 12.5. The van der Waals surface area contributed by atoms with Gasteiger partial charge in [-0.1, -0.05) is 29.8 Å². The lowest BCUT2D eigenvalue weighted by molar-refractivity contribution is 0.195. The van der Waals surface area contributed by atoms with E-state index in [1.54, 1.807) is 19.3 Å². The van der Waals surface area contributed by atoms with Gasteiger partial charge in [0.1, 0.15) is 11.4 Å². The second-order valence-electron chi connectivity index (χ2n) is 5.07. The number of fused-ring (bicyclic) bond motifs is 1. The van der Waals surface area contributed by atoms with Gasteiger partial charge in [0.15, 0.2) is 0 Å². The molecule has 0 amide bonds. The van der Waals surface area contributed by atoms with E-state index in [2.05, 4.69) is 4.98 Å². The molecule has 0 aliphatic rings. The van der Waals surface area contributed by atoms with Crippen molar-refractivity contribution in [3.63, 3.8) is 0 Å². The van der Waals surface area contributed by atoms with Crippen LogP contribution in [0.2, 0.25) is 5.02 Å². The first kappa shape index (κ1) is 14.9. The van der Waals surface area contributed by atoms with Crippen LogP contribution >= 0.6 is 11.6 Å². The highest BCUT2D eigenvalue weighted by atomic mass is 35.5. The number of aliphatic hydroxyl groups excluding tert-OH is 1. The third kappa shape index (κ3) is 2.67. The van der Waals surface area contributed by atoms with Crippen LogP contribution in [0.1, 0.15) is 25.6 Å². The molecule has 22 heavy (non-hydrogen) atoms. The number of hydrogen-bond acceptors (Lipinski definition) is 3. The molecular weight excluding hydrogens is 300 g/mol. The second kappa shape index (κ2) is 5.99. The fourth-order valence-electron chi connectivity index (χ4n) is 2.45. The van der Waals surface area contributed by atoms with Gasteiger partial charge in [0.25, 0.3) is 0 Å². The Kier molecular flexibility index (Phi) is 4.05. The highest BCUT2D eigenvalue weighted by Crippen LogP contribution is 2.34. The van der Waals surface area contributed by atoms with E-state index in [0.29, 0.717) is 17.3 Å². The van der Waals surface area contributed by atoms with Gasteiger partial charge >= 0.3 is 0 Å². The van der Waals surface area contributed by atoms with E-state index in [9.17, 15) is 5.11 Å². The third-order valence-corrected chi connectivity index (χ3v) is 3.65. The summed E-state index contributed by atoms with van der Waals surface area (Å²) in [4.78, 5) is 4.53. The minimum atomic E-state index is -0.631. The zero-order chi connectivity index (χ0) is 15.7. The van der Waals surface area contributed by atoms with Gasteiger partial charge in [-0.25, -0.2) is 4.98 Å². The molecule has 4 nitrogen and oxygen atoms in total. The molecule has 0 radical (unpaired) electrons. The maximum absolute atomic E-state index is 9.76. The molecule has 5 heteroatoms. The molecule has 1 atom stereocenters. The van der Waals surface area contributed by atoms with Crippen LogP contribution in [-0.2, 0) is 0 Å². The molecule has 1 unspecified atom stereocenters. The van der Waals surface area contributed by atoms with Crippen LogP contribution in [0.4, 0.5) is 0 Å². The molecule has 1 aromatic carbocycles. The maximum atomic E-state index is 9.76. The summed E-state index contributed by atoms with van der Waals surface area (Å²) in [6, 6.07) is 9.66. The predicted molar refractivity (Wildman–Crippen MR) is 87.4 cm³/mol. The van der Waals surface area contributed by atoms with Gasteiger partial charge < -0.3 is 14.2 Å². The van der Waals surface area contributed by atoms with Crippen molar-refractivity contribution in [1.82, 2.24) is 9.38 Å². The Morgan fingerprint density at radius 3 is 2.77 bits per heavy atom. The fraction of sp³-hybridized carbons (Fsp3) is 0.235. The first-order chi connectivity index (χ1) is 10.6. The molecular formula is C17H17ClN2O2. The number of imidazole rings is 1. The Labute approximate surface area is 133 Å². The number of para-hydroxylation sites is 1. The first-order valence-electron chi connectivity index (χ1n) is 7.18. The van der Waals surface area contributed by atoms with E-state index < -0.39 is 6.10 Å². The Morgan fingerprint density at radius 2 is 2.05 bits per heavy atom. The number of aliphatic hydroxyl groups is 1. The van der Waals surface area contributed by atoms with Crippen LogP contribution in [0, 0.1) is 0 Å². The summed E-state index contributed by atoms with van der Waals surface area (Å²) in [6.07, 6.45) is 2.94. The number of ether oxygens (including phenoxy) is 1. The van der Waals surface area contributed by atoms with Crippen molar-refractivity contribution in [1.29, 1.82) is 0 Å². The topological polar surface area (TPSA) is 46.8 Å². The largest absolute Gasteiger partial charge is 0.493 e. The van der Waals surface area contributed by atoms with E-state index in [-0.39, 0.29) is 0 Å². The number of pyridine rings is 1. The summed E-state index contributed by atoms with van der Waals surface area (Å²) in [5, 5.41) is 10.4. The third-order valence-electron chi connectivity index (χ3n) is 3.44. The van der Waals surface area contributed by atoms with Gasteiger partial charge in [-0.05, 0) is 26.0 Å². The van der Waals surface area contributed by atoms with Crippen LogP contribution in [0.3, 0.4) is 0 Å². The van der Waals surface area contributed by atoms with E-state index in [4.69, 9.17) is 16.3 Å². The van der Waals surface area contributed by atoms with Gasteiger partial charge in [0, 0.05) is 23.5 Å². The van der Waals surface area contributed by atoms with Crippen molar-refractivity contribution >= 4 is 17.2 Å². The van der Waals surface area contributed by atoms with Crippen molar-refractivity contribution < 1.29 is 9.84 Å². The van der Waals surface area contributed by atoms with Crippen molar-refractivity contribution in [3.05, 3.63) is 53.4 Å². The summed E-state index contributed by atoms with van der Waals surface area (Å²) in [5.74, 6) is 0.788. The molecule has 3 rings (SSSR count). The molecule has 0 saturated carbocycles. The average Bonchev–Trinajstić information content (AvgIpc) is 2.91. The Balaban J connectivity index is 2.26. The van der Waals surface area contributed by atoms with Gasteiger partial charge in [0.05, 0.1) is 23.4 Å². The summed E-state index contributed by atoms with van der Waals surface area (Å²) < 4.78 is 7.54. The number of aromatic nitrogens is 2. The van der Waals surface area contributed by atoms with Crippen molar-refractivity contribution in [2.24, 2.45) is 0 Å². The highest BCUT2D eigenvalue weighted by Gasteiger charge is 2.15. The second-order valence-corrected chi connectivity index (χ2v) is 5.51. The van der Waals surface area contributed by atoms with Crippen molar-refractivity contribution in [2.75, 3.05) is 6.61 Å². The number of rotatable bonds is 4. The van der Waals surface area contributed by atoms with Crippen LogP contribution in [-0.4, -0.2) is 21.1 Å². The minimum absolute atomic E-state index is 0.585. The number of nitrogens with zero attached hydrogens (tertiary/aromatic N) is 2. The monoisotopic (exact) mass is 316 g/mol. The first-order valence-corrected chi connectivity index (χ1v) is 7.56. The molecule has 2 aromatic heterocycles. The molecule has 0 bridgehead atoms. The van der Waals surface area contributed by atoms with Gasteiger partial charge in [0.2, 0.25) is 0 Å². The average molecular weight is 317 g/mol. The fourth-order valence-corrected chi connectivity index (χ4v) is 2.67. The lowest BCUT2D eigenvalue weighted by Gasteiger charge is -2.11. The lowest BCUT2D eigenvalue weighted by Crippen LogP contribution is -1.95. The Morgan fingerprint density at radius 1 is 1.27 bits per heavy atom.